The molecule has 5 aromatic rings. The van der Waals surface area contributed by atoms with Crippen molar-refractivity contribution in [3.05, 3.63) is 53.1 Å². The van der Waals surface area contributed by atoms with Gasteiger partial charge in [0, 0.05) is 35.3 Å². The van der Waals surface area contributed by atoms with Gasteiger partial charge in [-0.15, -0.1) is 0 Å². The van der Waals surface area contributed by atoms with E-state index in [0.717, 1.165) is 13.0 Å². The minimum Gasteiger partial charge on any atom is -0.475 e. The number of ether oxygens (including phenoxy) is 2. The van der Waals surface area contributed by atoms with Crippen LogP contribution in [0, 0.1) is 12.7 Å². The summed E-state index contributed by atoms with van der Waals surface area (Å²) >= 11 is 0. The van der Waals surface area contributed by atoms with Gasteiger partial charge in [-0.1, -0.05) is 6.07 Å². The maximum Gasteiger partial charge on any atom is 0.393 e. The number of nitrogens with two attached hydrogens (primary N) is 1. The zero-order chi connectivity index (χ0) is 36.2. The fraction of sp³-hybridized carbons (Fsp3) is 0.457. The molecular formula is C35H38F5N9O2. The molecule has 3 aliphatic rings. The molecule has 8 rings (SSSR count). The number of nitrogens with one attached hydrogen (secondary N) is 1. The molecule has 0 spiro atoms. The highest BCUT2D eigenvalue weighted by molar-refractivity contribution is 6.01. The van der Waals surface area contributed by atoms with Crippen molar-refractivity contribution >= 4 is 33.4 Å². The molecular weight excluding hydrogens is 673 g/mol. The molecule has 0 amide bonds. The van der Waals surface area contributed by atoms with Gasteiger partial charge in [0.2, 0.25) is 5.88 Å². The van der Waals surface area contributed by atoms with Gasteiger partial charge in [0.05, 0.1) is 37.3 Å². The number of fused-ring (bicyclic) bond motifs is 2. The van der Waals surface area contributed by atoms with Gasteiger partial charge in [-0.25, -0.2) is 18.7 Å². The Balaban J connectivity index is 0.000000389. The van der Waals surface area contributed by atoms with E-state index in [1.165, 1.54) is 33.1 Å². The van der Waals surface area contributed by atoms with E-state index in [2.05, 4.69) is 35.0 Å². The van der Waals surface area contributed by atoms with Crippen molar-refractivity contribution in [3.8, 4) is 23.1 Å². The third-order valence-corrected chi connectivity index (χ3v) is 9.96. The monoisotopic (exact) mass is 711 g/mol. The van der Waals surface area contributed by atoms with Crippen molar-refractivity contribution in [2.75, 3.05) is 37.4 Å². The molecule has 1 aromatic carbocycles. The maximum atomic E-state index is 16.7. The van der Waals surface area contributed by atoms with Crippen LogP contribution in [0.25, 0.3) is 33.1 Å². The number of methoxy groups -OCH3 is 1. The Hall–Kier alpha value is -4.86. The molecule has 4 aromatic heterocycles. The van der Waals surface area contributed by atoms with Crippen LogP contribution in [0.1, 0.15) is 55.8 Å². The van der Waals surface area contributed by atoms with E-state index < -0.39 is 30.6 Å². The number of anilines is 2. The van der Waals surface area contributed by atoms with E-state index in [-0.39, 0.29) is 63.5 Å². The zero-order valence-corrected chi connectivity index (χ0v) is 28.6. The highest BCUT2D eigenvalue weighted by Gasteiger charge is 2.37. The Bertz CT molecular complexity index is 2080. The predicted octanol–water partition coefficient (Wildman–Crippen LogP) is 6.65. The smallest absolute Gasteiger partial charge is 0.393 e. The molecule has 3 unspecified atom stereocenters. The number of nitrogen functional groups attached to an aromatic ring is 1. The third kappa shape index (κ3) is 6.45. The van der Waals surface area contributed by atoms with Crippen molar-refractivity contribution in [2.45, 2.75) is 76.9 Å². The van der Waals surface area contributed by atoms with Crippen molar-refractivity contribution in [1.29, 1.82) is 0 Å². The summed E-state index contributed by atoms with van der Waals surface area (Å²) in [5.41, 5.74) is 6.92. The van der Waals surface area contributed by atoms with Crippen molar-refractivity contribution < 1.29 is 31.4 Å². The van der Waals surface area contributed by atoms with Crippen molar-refractivity contribution in [1.82, 2.24) is 35.0 Å². The Morgan fingerprint density at radius 3 is 2.75 bits per heavy atom. The summed E-state index contributed by atoms with van der Waals surface area (Å²) in [6.07, 6.45) is -0.113. The summed E-state index contributed by atoms with van der Waals surface area (Å²) in [5, 5.41) is 7.18. The fourth-order valence-corrected chi connectivity index (χ4v) is 7.63. The molecule has 51 heavy (non-hydrogen) atoms. The number of hydrogen-bond acceptors (Lipinski definition) is 10. The Labute approximate surface area is 290 Å². The van der Waals surface area contributed by atoms with Gasteiger partial charge >= 0.3 is 12.2 Å². The number of alkyl halides is 4. The minimum atomic E-state index is -4.56. The molecule has 2 fully saturated rings. The first-order valence-electron chi connectivity index (χ1n) is 16.8. The number of aromatic nitrogens is 6. The zero-order valence-electron chi connectivity index (χ0n) is 28.6. The summed E-state index contributed by atoms with van der Waals surface area (Å²) in [6.45, 7) is 7.28. The van der Waals surface area contributed by atoms with E-state index >= 15 is 4.39 Å². The summed E-state index contributed by atoms with van der Waals surface area (Å²) in [6, 6.07) is 4.89. The summed E-state index contributed by atoms with van der Waals surface area (Å²) in [4.78, 5) is 21.7. The van der Waals surface area contributed by atoms with Gasteiger partial charge in [0.1, 0.15) is 41.0 Å². The number of pyridine rings is 2. The number of aromatic amines is 1. The van der Waals surface area contributed by atoms with Crippen LogP contribution in [-0.4, -0.2) is 86.3 Å². The van der Waals surface area contributed by atoms with Crippen LogP contribution in [-0.2, 0) is 6.42 Å². The van der Waals surface area contributed by atoms with Gasteiger partial charge in [-0.3, -0.25) is 10.00 Å². The molecule has 11 nitrogen and oxygen atoms in total. The summed E-state index contributed by atoms with van der Waals surface area (Å²) < 4.78 is 82.1. The molecule has 16 heteroatoms. The molecule has 0 bridgehead atoms. The number of H-pyrrole nitrogens is 1. The number of halogens is 5. The van der Waals surface area contributed by atoms with Gasteiger partial charge < -0.3 is 20.1 Å². The van der Waals surface area contributed by atoms with Crippen LogP contribution < -0.4 is 20.1 Å². The molecule has 0 radical (unpaired) electrons. The number of nitrogens with zero attached hydrogens (tertiary/aromatic N) is 7. The van der Waals surface area contributed by atoms with Crippen LogP contribution in [0.15, 0.2) is 30.6 Å². The number of hydrogen-bond donors (Lipinski definition) is 2. The van der Waals surface area contributed by atoms with Gasteiger partial charge in [0.15, 0.2) is 5.82 Å². The first kappa shape index (κ1) is 34.6. The third-order valence-electron chi connectivity index (χ3n) is 9.96. The molecule has 4 atom stereocenters. The van der Waals surface area contributed by atoms with Gasteiger partial charge in [0.25, 0.3) is 0 Å². The number of rotatable bonds is 5. The van der Waals surface area contributed by atoms with E-state index in [0.29, 0.717) is 35.0 Å². The minimum absolute atomic E-state index is 0.0177. The lowest BCUT2D eigenvalue weighted by molar-refractivity contribution is -0.127. The van der Waals surface area contributed by atoms with E-state index in [1.54, 1.807) is 18.3 Å². The Morgan fingerprint density at radius 2 is 2.02 bits per heavy atom. The van der Waals surface area contributed by atoms with E-state index in [9.17, 15) is 17.6 Å². The van der Waals surface area contributed by atoms with Crippen molar-refractivity contribution in [3.63, 3.8) is 0 Å². The van der Waals surface area contributed by atoms with E-state index in [1.807, 2.05) is 24.8 Å². The second-order valence-electron chi connectivity index (χ2n) is 13.4. The normalized spacial score (nSPS) is 20.9. The second-order valence-corrected chi connectivity index (χ2v) is 13.4. The van der Waals surface area contributed by atoms with Crippen LogP contribution in [0.4, 0.5) is 33.6 Å². The topological polar surface area (TPSA) is 131 Å². The molecule has 0 aliphatic carbocycles. The van der Waals surface area contributed by atoms with Crippen LogP contribution in [0.2, 0.25) is 0 Å². The highest BCUT2D eigenvalue weighted by atomic mass is 19.4. The first-order valence-corrected chi connectivity index (χ1v) is 16.8. The average molecular weight is 712 g/mol. The van der Waals surface area contributed by atoms with Crippen LogP contribution in [0.3, 0.4) is 0 Å². The lowest BCUT2D eigenvalue weighted by Gasteiger charge is -2.34. The van der Waals surface area contributed by atoms with Crippen LogP contribution >= 0.6 is 0 Å². The van der Waals surface area contributed by atoms with Crippen molar-refractivity contribution in [2.24, 2.45) is 0 Å². The molecule has 7 heterocycles. The van der Waals surface area contributed by atoms with Gasteiger partial charge in [-0.2, -0.15) is 28.2 Å². The molecule has 3 aliphatic heterocycles. The lowest BCUT2D eigenvalue weighted by atomic mass is 9.92. The molecule has 0 saturated carbocycles. The average Bonchev–Trinajstić information content (AvgIpc) is 3.79. The van der Waals surface area contributed by atoms with Crippen LogP contribution in [0.5, 0.6) is 11.9 Å². The first-order chi connectivity index (χ1) is 24.3. The Morgan fingerprint density at radius 1 is 1.22 bits per heavy atom. The largest absolute Gasteiger partial charge is 0.475 e. The SMILES string of the molecule is COc1nc2c3c(nc(-c4c(CC(F)(F)F)c(C)cc5[nH]ncc45)c(F)c3n1)OC[C@H](C)N2C(C)c1cccnc1N.FC1CC2CCCN2C1. The lowest BCUT2D eigenvalue weighted by Crippen LogP contribution is -2.39. The molecule has 270 valence electrons. The Kier molecular flexibility index (Phi) is 9.06. The van der Waals surface area contributed by atoms with E-state index in [4.69, 9.17) is 15.2 Å². The molecule has 2 saturated heterocycles. The highest BCUT2D eigenvalue weighted by Crippen LogP contribution is 2.45. The maximum absolute atomic E-state index is 16.7. The number of aryl methyl sites for hydroxylation is 1. The number of benzene rings is 1. The predicted molar refractivity (Wildman–Crippen MR) is 182 cm³/mol. The fourth-order valence-electron chi connectivity index (χ4n) is 7.63. The molecule has 3 N–H and O–H groups in total. The quantitative estimate of drug-likeness (QED) is 0.191. The van der Waals surface area contributed by atoms with Gasteiger partial charge in [-0.05, 0) is 69.8 Å². The summed E-state index contributed by atoms with van der Waals surface area (Å²) in [7, 11) is 1.34. The summed E-state index contributed by atoms with van der Waals surface area (Å²) in [5.74, 6) is -0.367. The second kappa shape index (κ2) is 13.4. The standard InChI is InChI=1S/C28H26F4N8O2.C7H12FN/c1-12-8-18-17(10-35-39-18)19(16(12)9-28(30,31)32)22-21(29)23-20-25(38-27(37-23)41-4)40(13(2)11-42-26(20)36-22)14(3)15-6-5-7-34-24(15)33;8-6-4-7-2-1-3-9(7)5-6/h5-8,10,13-14H,9,11H2,1-4H3,(H2,33,34)(H,35,39);6-7H,1-5H2/t13-,14?;/m0./s1.